The number of hydrogen-bond acceptors (Lipinski definition) is 2. The Morgan fingerprint density at radius 3 is 2.04 bits per heavy atom. The van der Waals surface area contributed by atoms with Gasteiger partial charge in [0, 0.05) is 34.1 Å². The fourth-order valence-corrected chi connectivity index (χ4v) is 3.80. The molecule has 4 aromatic rings. The van der Waals surface area contributed by atoms with Crippen LogP contribution < -0.4 is 0 Å². The molecule has 1 unspecified atom stereocenters. The zero-order chi connectivity index (χ0) is 19.5. The van der Waals surface area contributed by atoms with Crippen molar-refractivity contribution in [1.82, 2.24) is 4.98 Å². The molecule has 1 N–H and O–H groups in total. The van der Waals surface area contributed by atoms with E-state index in [4.69, 9.17) is 0 Å². The Morgan fingerprint density at radius 2 is 1.36 bits per heavy atom. The highest BCUT2D eigenvalue weighted by Gasteiger charge is 2.29. The summed E-state index contributed by atoms with van der Waals surface area (Å²) in [6, 6.07) is 26.3. The lowest BCUT2D eigenvalue weighted by atomic mass is 9.84. The lowest BCUT2D eigenvalue weighted by Gasteiger charge is -2.17. The molecule has 3 aromatic carbocycles. The summed E-state index contributed by atoms with van der Waals surface area (Å²) in [4.78, 5) is 29.8. The molecule has 1 aromatic heterocycles. The van der Waals surface area contributed by atoms with Gasteiger partial charge in [-0.1, -0.05) is 78.9 Å². The van der Waals surface area contributed by atoms with Gasteiger partial charge < -0.3 is 4.98 Å². The van der Waals surface area contributed by atoms with Crippen LogP contribution in [0.25, 0.3) is 10.9 Å². The van der Waals surface area contributed by atoms with Crippen molar-refractivity contribution in [2.45, 2.75) is 19.3 Å². The maximum absolute atomic E-state index is 13.4. The van der Waals surface area contributed by atoms with E-state index in [9.17, 15) is 9.59 Å². The van der Waals surface area contributed by atoms with E-state index >= 15 is 0 Å². The summed E-state index contributed by atoms with van der Waals surface area (Å²) < 4.78 is 0. The number of carbonyl (C=O) groups is 2. The molecule has 0 amide bonds. The van der Waals surface area contributed by atoms with Gasteiger partial charge in [0.15, 0.2) is 11.6 Å². The molecule has 3 nitrogen and oxygen atoms in total. The second-order valence-corrected chi connectivity index (χ2v) is 6.99. The van der Waals surface area contributed by atoms with Crippen molar-refractivity contribution < 1.29 is 9.59 Å². The molecule has 3 heteroatoms. The molecular weight excluding hydrogens is 346 g/mol. The lowest BCUT2D eigenvalue weighted by molar-refractivity contribution is 0.0893. The van der Waals surface area contributed by atoms with Crippen LogP contribution in [0.15, 0.2) is 84.9 Å². The quantitative estimate of drug-likeness (QED) is 0.443. The Hall–Kier alpha value is -3.46. The smallest absolute Gasteiger partial charge is 0.170 e. The van der Waals surface area contributed by atoms with E-state index in [1.165, 1.54) is 0 Å². The number of benzene rings is 3. The van der Waals surface area contributed by atoms with Crippen LogP contribution in [-0.2, 0) is 0 Å². The number of nitrogens with one attached hydrogen (secondary N) is 1. The normalized spacial score (nSPS) is 12.0. The first-order valence-corrected chi connectivity index (χ1v) is 9.40. The Labute approximate surface area is 164 Å². The molecule has 0 radical (unpaired) electrons. The van der Waals surface area contributed by atoms with Crippen molar-refractivity contribution in [2.75, 3.05) is 0 Å². The molecule has 0 saturated heterocycles. The van der Waals surface area contributed by atoms with Crippen LogP contribution >= 0.6 is 0 Å². The topological polar surface area (TPSA) is 49.9 Å². The molecule has 138 valence electrons. The first-order valence-electron chi connectivity index (χ1n) is 9.40. The Kier molecular flexibility index (Phi) is 4.90. The third-order valence-electron chi connectivity index (χ3n) is 5.15. The van der Waals surface area contributed by atoms with Gasteiger partial charge in [-0.15, -0.1) is 0 Å². The number of carbonyl (C=O) groups excluding carboxylic acids is 2. The Bertz CT molecular complexity index is 1130. The van der Waals surface area contributed by atoms with Gasteiger partial charge in [-0.25, -0.2) is 0 Å². The van der Waals surface area contributed by atoms with E-state index in [1.807, 2.05) is 79.7 Å². The molecule has 0 aliphatic rings. The van der Waals surface area contributed by atoms with Crippen molar-refractivity contribution in [2.24, 2.45) is 0 Å². The van der Waals surface area contributed by atoms with Crippen LogP contribution in [0.3, 0.4) is 0 Å². The Balaban J connectivity index is 1.80. The molecule has 0 fully saturated rings. The van der Waals surface area contributed by atoms with Crippen LogP contribution in [0.2, 0.25) is 0 Å². The molecule has 28 heavy (non-hydrogen) atoms. The molecule has 0 saturated carbocycles. The average Bonchev–Trinajstić information content (AvgIpc) is 3.08. The van der Waals surface area contributed by atoms with Crippen LogP contribution in [0.4, 0.5) is 0 Å². The zero-order valence-corrected chi connectivity index (χ0v) is 15.7. The van der Waals surface area contributed by atoms with Gasteiger partial charge >= 0.3 is 0 Å². The number of hydrogen-bond donors (Lipinski definition) is 1. The number of ketones is 2. The third kappa shape index (κ3) is 3.39. The second-order valence-electron chi connectivity index (χ2n) is 6.99. The maximum atomic E-state index is 13.4. The number of Topliss-reactive ketones (excluding diaryl/α,β-unsaturated/α-hetero) is 2. The predicted molar refractivity (Wildman–Crippen MR) is 112 cm³/mol. The minimum absolute atomic E-state index is 0.0282. The van der Waals surface area contributed by atoms with Gasteiger partial charge in [-0.2, -0.15) is 0 Å². The first kappa shape index (κ1) is 17.9. The average molecular weight is 367 g/mol. The molecule has 1 atom stereocenters. The van der Waals surface area contributed by atoms with Crippen molar-refractivity contribution in [3.63, 3.8) is 0 Å². The monoisotopic (exact) mass is 367 g/mol. The molecule has 1 heterocycles. The standard InChI is InChI=1S/C25H21NO2/c1-17-24(20-14-8-9-15-22(20)26-17)21(25(28)19-12-6-3-7-13-19)16-23(27)18-10-4-2-5-11-18/h2-15,21,26H,16H2,1H3. The number of para-hydroxylation sites is 1. The second kappa shape index (κ2) is 7.65. The first-order chi connectivity index (χ1) is 13.6. The number of fused-ring (bicyclic) bond motifs is 1. The van der Waals surface area contributed by atoms with E-state index < -0.39 is 5.92 Å². The van der Waals surface area contributed by atoms with Crippen molar-refractivity contribution in [1.29, 1.82) is 0 Å². The summed E-state index contributed by atoms with van der Waals surface area (Å²) in [6.45, 7) is 1.97. The van der Waals surface area contributed by atoms with Gasteiger partial charge in [0.05, 0.1) is 5.92 Å². The molecule has 0 aliphatic carbocycles. The summed E-state index contributed by atoms with van der Waals surface area (Å²) in [5, 5.41) is 0.996. The summed E-state index contributed by atoms with van der Waals surface area (Å²) >= 11 is 0. The van der Waals surface area contributed by atoms with E-state index in [-0.39, 0.29) is 18.0 Å². The van der Waals surface area contributed by atoms with E-state index in [0.717, 1.165) is 22.2 Å². The minimum atomic E-state index is -0.536. The number of H-pyrrole nitrogens is 1. The predicted octanol–water partition coefficient (Wildman–Crippen LogP) is 5.72. The summed E-state index contributed by atoms with van der Waals surface area (Å²) in [5.74, 6) is -0.594. The van der Waals surface area contributed by atoms with E-state index in [0.29, 0.717) is 11.1 Å². The van der Waals surface area contributed by atoms with Gasteiger partial charge in [0.2, 0.25) is 0 Å². The SMILES string of the molecule is Cc1[nH]c2ccccc2c1C(CC(=O)c1ccccc1)C(=O)c1ccccc1. The van der Waals surface area contributed by atoms with Crippen molar-refractivity contribution >= 4 is 22.5 Å². The highest BCUT2D eigenvalue weighted by molar-refractivity contribution is 6.08. The maximum Gasteiger partial charge on any atom is 0.170 e. The third-order valence-corrected chi connectivity index (χ3v) is 5.15. The van der Waals surface area contributed by atoms with Gasteiger partial charge in [-0.05, 0) is 18.6 Å². The fraction of sp³-hybridized carbons (Fsp3) is 0.120. The van der Waals surface area contributed by atoms with Crippen LogP contribution in [-0.4, -0.2) is 16.6 Å². The summed E-state index contributed by atoms with van der Waals surface area (Å²) in [6.07, 6.45) is 0.139. The number of aromatic nitrogens is 1. The molecule has 0 bridgehead atoms. The minimum Gasteiger partial charge on any atom is -0.358 e. The van der Waals surface area contributed by atoms with Gasteiger partial charge in [-0.3, -0.25) is 9.59 Å². The van der Waals surface area contributed by atoms with Gasteiger partial charge in [0.1, 0.15) is 0 Å². The highest BCUT2D eigenvalue weighted by Crippen LogP contribution is 2.34. The molecule has 0 aliphatic heterocycles. The van der Waals surface area contributed by atoms with Crippen LogP contribution in [0, 0.1) is 6.92 Å². The number of aromatic amines is 1. The summed E-state index contributed by atoms with van der Waals surface area (Å²) in [5.41, 5.74) is 4.07. The molecular formula is C25H21NO2. The van der Waals surface area contributed by atoms with E-state index in [1.54, 1.807) is 12.1 Å². The molecule has 0 spiro atoms. The Morgan fingerprint density at radius 1 is 0.786 bits per heavy atom. The lowest BCUT2D eigenvalue weighted by Crippen LogP contribution is -2.18. The zero-order valence-electron chi connectivity index (χ0n) is 15.7. The molecule has 4 rings (SSSR count). The van der Waals surface area contributed by atoms with Crippen molar-refractivity contribution in [3.8, 4) is 0 Å². The van der Waals surface area contributed by atoms with E-state index in [2.05, 4.69) is 4.98 Å². The summed E-state index contributed by atoms with van der Waals surface area (Å²) in [7, 11) is 0. The highest BCUT2D eigenvalue weighted by atomic mass is 16.1. The van der Waals surface area contributed by atoms with Crippen LogP contribution in [0.5, 0.6) is 0 Å². The number of aryl methyl sites for hydroxylation is 1. The fourth-order valence-electron chi connectivity index (χ4n) is 3.80. The van der Waals surface area contributed by atoms with Crippen LogP contribution in [0.1, 0.15) is 44.3 Å². The van der Waals surface area contributed by atoms with Gasteiger partial charge in [0.25, 0.3) is 0 Å². The van der Waals surface area contributed by atoms with Crippen molar-refractivity contribution in [3.05, 3.63) is 107 Å². The largest absolute Gasteiger partial charge is 0.358 e. The number of rotatable bonds is 6.